The molecule has 0 N–H and O–H groups in total. The molecule has 7 nitrogen and oxygen atoms in total. The van der Waals surface area contributed by atoms with Gasteiger partial charge in [-0.25, -0.2) is 4.98 Å². The third-order valence-corrected chi connectivity index (χ3v) is 5.63. The molecule has 1 atom stereocenters. The molecule has 2 aliphatic heterocycles. The third kappa shape index (κ3) is 5.10. The molecule has 0 spiro atoms. The van der Waals surface area contributed by atoms with Gasteiger partial charge in [-0.1, -0.05) is 6.07 Å². The lowest BCUT2D eigenvalue weighted by Crippen LogP contribution is -2.45. The molecule has 29 heavy (non-hydrogen) atoms. The molecule has 0 aromatic carbocycles. The number of rotatable bonds is 6. The van der Waals surface area contributed by atoms with Crippen LogP contribution in [-0.2, 0) is 11.3 Å². The van der Waals surface area contributed by atoms with Gasteiger partial charge in [0.15, 0.2) is 0 Å². The van der Waals surface area contributed by atoms with Gasteiger partial charge in [0.05, 0.1) is 18.3 Å². The molecule has 0 saturated carbocycles. The van der Waals surface area contributed by atoms with Crippen molar-refractivity contribution >= 4 is 11.7 Å². The van der Waals surface area contributed by atoms with Crippen molar-refractivity contribution in [1.82, 2.24) is 19.8 Å². The molecule has 2 aromatic heterocycles. The maximum atomic E-state index is 13.4. The van der Waals surface area contributed by atoms with Crippen molar-refractivity contribution in [1.29, 1.82) is 0 Å². The van der Waals surface area contributed by atoms with E-state index >= 15 is 0 Å². The summed E-state index contributed by atoms with van der Waals surface area (Å²) in [4.78, 5) is 28.8. The normalized spacial score (nSPS) is 20.0. The zero-order valence-corrected chi connectivity index (χ0v) is 17.0. The second kappa shape index (κ2) is 9.33. The largest absolute Gasteiger partial charge is 0.376 e. The number of nitrogens with zero attached hydrogens (tertiary/aromatic N) is 5. The highest BCUT2D eigenvalue weighted by atomic mass is 16.5. The lowest BCUT2D eigenvalue weighted by molar-refractivity contribution is 0.0504. The number of piperazine rings is 1. The summed E-state index contributed by atoms with van der Waals surface area (Å²) in [6.45, 7) is 5.70. The van der Waals surface area contributed by atoms with Crippen LogP contribution in [0.3, 0.4) is 0 Å². The van der Waals surface area contributed by atoms with Gasteiger partial charge in [-0.05, 0) is 44.2 Å². The second-order valence-electron chi connectivity index (χ2n) is 7.83. The van der Waals surface area contributed by atoms with Crippen LogP contribution in [0, 0.1) is 0 Å². The molecule has 4 heterocycles. The van der Waals surface area contributed by atoms with Gasteiger partial charge >= 0.3 is 0 Å². The van der Waals surface area contributed by atoms with Crippen LogP contribution in [0.15, 0.2) is 42.7 Å². The highest BCUT2D eigenvalue weighted by Crippen LogP contribution is 2.19. The fraction of sp³-hybridized carbons (Fsp3) is 0.500. The van der Waals surface area contributed by atoms with Crippen molar-refractivity contribution in [2.24, 2.45) is 0 Å². The first-order valence-electron chi connectivity index (χ1n) is 10.4. The summed E-state index contributed by atoms with van der Waals surface area (Å²) in [6.07, 6.45) is 5.66. The Balaban J connectivity index is 1.52. The van der Waals surface area contributed by atoms with Crippen molar-refractivity contribution in [2.45, 2.75) is 25.5 Å². The first-order chi connectivity index (χ1) is 14.2. The first kappa shape index (κ1) is 19.8. The number of carbonyl (C=O) groups is 1. The predicted octanol–water partition coefficient (Wildman–Crippen LogP) is 2.05. The molecule has 154 valence electrons. The molecule has 0 unspecified atom stereocenters. The maximum Gasteiger partial charge on any atom is 0.254 e. The van der Waals surface area contributed by atoms with Crippen molar-refractivity contribution in [3.8, 4) is 0 Å². The number of ether oxygens (including phenoxy) is 1. The molecule has 0 radical (unpaired) electrons. The molecule has 0 bridgehead atoms. The van der Waals surface area contributed by atoms with E-state index in [1.807, 2.05) is 35.2 Å². The number of anilines is 1. The molecule has 4 rings (SSSR count). The van der Waals surface area contributed by atoms with Gasteiger partial charge in [0, 0.05) is 57.3 Å². The predicted molar refractivity (Wildman–Crippen MR) is 112 cm³/mol. The number of hydrogen-bond donors (Lipinski definition) is 0. The summed E-state index contributed by atoms with van der Waals surface area (Å²) in [5.74, 6) is 0.878. The van der Waals surface area contributed by atoms with Gasteiger partial charge in [0.2, 0.25) is 0 Å². The Kier molecular flexibility index (Phi) is 6.36. The third-order valence-electron chi connectivity index (χ3n) is 5.63. The van der Waals surface area contributed by atoms with Crippen molar-refractivity contribution in [3.05, 3.63) is 54.0 Å². The number of amides is 1. The Hall–Kier alpha value is -2.51. The summed E-state index contributed by atoms with van der Waals surface area (Å²) in [7, 11) is 2.13. The van der Waals surface area contributed by atoms with E-state index in [0.29, 0.717) is 18.7 Å². The zero-order chi connectivity index (χ0) is 20.1. The van der Waals surface area contributed by atoms with Crippen molar-refractivity contribution in [2.75, 3.05) is 51.3 Å². The number of pyridine rings is 2. The Morgan fingerprint density at radius 2 is 2.03 bits per heavy atom. The van der Waals surface area contributed by atoms with Gasteiger partial charge in [-0.2, -0.15) is 0 Å². The first-order valence-corrected chi connectivity index (χ1v) is 10.4. The summed E-state index contributed by atoms with van der Waals surface area (Å²) in [5, 5.41) is 0. The monoisotopic (exact) mass is 395 g/mol. The van der Waals surface area contributed by atoms with Gasteiger partial charge in [0.25, 0.3) is 5.91 Å². The van der Waals surface area contributed by atoms with Crippen LogP contribution < -0.4 is 4.90 Å². The van der Waals surface area contributed by atoms with E-state index in [2.05, 4.69) is 26.8 Å². The summed E-state index contributed by atoms with van der Waals surface area (Å²) in [5.41, 5.74) is 1.55. The van der Waals surface area contributed by atoms with Crippen LogP contribution >= 0.6 is 0 Å². The number of carbonyl (C=O) groups excluding carboxylic acids is 1. The lowest BCUT2D eigenvalue weighted by Gasteiger charge is -2.33. The van der Waals surface area contributed by atoms with E-state index in [1.54, 1.807) is 12.4 Å². The SMILES string of the molecule is CN1CCN(c2cc(C(=O)N(Cc3ccccn3)C[C@H]3CCCO3)ccn2)CC1. The summed E-state index contributed by atoms with van der Waals surface area (Å²) < 4.78 is 5.80. The Morgan fingerprint density at radius 3 is 2.76 bits per heavy atom. The smallest absolute Gasteiger partial charge is 0.254 e. The van der Waals surface area contributed by atoms with Crippen LogP contribution in [0.4, 0.5) is 5.82 Å². The standard InChI is InChI=1S/C22H29N5O2/c1-25-10-12-26(13-11-25)21-15-18(7-9-24-21)22(28)27(17-20-6-4-14-29-20)16-19-5-2-3-8-23-19/h2-3,5,7-9,15,20H,4,6,10-14,16-17H2,1H3/t20-/m1/s1. The Labute approximate surface area is 172 Å². The minimum absolute atomic E-state index is 0.00364. The van der Waals surface area contributed by atoms with Crippen LogP contribution in [0.2, 0.25) is 0 Å². The van der Waals surface area contributed by atoms with E-state index in [0.717, 1.165) is 57.1 Å². The average Bonchev–Trinajstić information content (AvgIpc) is 3.27. The number of likely N-dealkylation sites (N-methyl/N-ethyl adjacent to an activating group) is 1. The van der Waals surface area contributed by atoms with E-state index in [9.17, 15) is 4.79 Å². The lowest BCUT2D eigenvalue weighted by atomic mass is 10.1. The molecule has 2 fully saturated rings. The van der Waals surface area contributed by atoms with E-state index in [1.165, 1.54) is 0 Å². The number of aromatic nitrogens is 2. The Bertz CT molecular complexity index is 802. The fourth-order valence-electron chi connectivity index (χ4n) is 3.88. The summed E-state index contributed by atoms with van der Waals surface area (Å²) in [6, 6.07) is 9.53. The van der Waals surface area contributed by atoms with Crippen molar-refractivity contribution < 1.29 is 9.53 Å². The van der Waals surface area contributed by atoms with Crippen LogP contribution in [-0.4, -0.2) is 78.2 Å². The van der Waals surface area contributed by atoms with E-state index < -0.39 is 0 Å². The molecular weight excluding hydrogens is 366 g/mol. The second-order valence-corrected chi connectivity index (χ2v) is 7.83. The molecular formula is C22H29N5O2. The highest BCUT2D eigenvalue weighted by Gasteiger charge is 2.25. The topological polar surface area (TPSA) is 61.8 Å². The Morgan fingerprint density at radius 1 is 1.17 bits per heavy atom. The number of hydrogen-bond acceptors (Lipinski definition) is 6. The zero-order valence-electron chi connectivity index (χ0n) is 17.0. The fourth-order valence-corrected chi connectivity index (χ4v) is 3.88. The molecule has 2 aliphatic rings. The van der Waals surface area contributed by atoms with Crippen LogP contribution in [0.25, 0.3) is 0 Å². The summed E-state index contributed by atoms with van der Waals surface area (Å²) >= 11 is 0. The van der Waals surface area contributed by atoms with Crippen LogP contribution in [0.5, 0.6) is 0 Å². The molecule has 7 heteroatoms. The van der Waals surface area contributed by atoms with E-state index in [4.69, 9.17) is 4.74 Å². The average molecular weight is 396 g/mol. The molecule has 2 aromatic rings. The van der Waals surface area contributed by atoms with Crippen LogP contribution in [0.1, 0.15) is 28.9 Å². The van der Waals surface area contributed by atoms with Gasteiger partial charge in [0.1, 0.15) is 5.82 Å². The van der Waals surface area contributed by atoms with Crippen molar-refractivity contribution in [3.63, 3.8) is 0 Å². The highest BCUT2D eigenvalue weighted by molar-refractivity contribution is 5.94. The molecule has 2 saturated heterocycles. The minimum atomic E-state index is 0.00364. The van der Waals surface area contributed by atoms with Gasteiger partial charge in [-0.3, -0.25) is 9.78 Å². The maximum absolute atomic E-state index is 13.4. The van der Waals surface area contributed by atoms with E-state index in [-0.39, 0.29) is 12.0 Å². The molecule has 1 amide bonds. The molecule has 0 aliphatic carbocycles. The van der Waals surface area contributed by atoms with Gasteiger partial charge in [-0.15, -0.1) is 0 Å². The quantitative estimate of drug-likeness (QED) is 0.746. The minimum Gasteiger partial charge on any atom is -0.376 e. The van der Waals surface area contributed by atoms with Gasteiger partial charge < -0.3 is 19.4 Å².